The van der Waals surface area contributed by atoms with E-state index < -0.39 is 6.04 Å². The van der Waals surface area contributed by atoms with E-state index in [1.54, 1.807) is 30.0 Å². The van der Waals surface area contributed by atoms with Crippen LogP contribution in [0.15, 0.2) is 42.5 Å². The maximum atomic E-state index is 13.1. The van der Waals surface area contributed by atoms with Crippen molar-refractivity contribution in [1.29, 1.82) is 0 Å². The SMILES string of the molecule is CC[C@H](C)NC(=O)[C@@H](C)N(Cc1ccc(Cl)cc1Cl)C(=O)CSCc1ccc(Cl)cc1. The number of amides is 2. The van der Waals surface area contributed by atoms with Crippen molar-refractivity contribution >= 4 is 58.4 Å². The van der Waals surface area contributed by atoms with Crippen LogP contribution in [0, 0.1) is 0 Å². The average Bonchev–Trinajstić information content (AvgIpc) is 2.73. The van der Waals surface area contributed by atoms with Crippen LogP contribution in [-0.2, 0) is 21.9 Å². The molecule has 1 N–H and O–H groups in total. The second-order valence-corrected chi connectivity index (χ2v) is 9.64. The van der Waals surface area contributed by atoms with Crippen molar-refractivity contribution in [2.45, 2.75) is 51.6 Å². The Morgan fingerprint density at radius 1 is 1.03 bits per heavy atom. The number of thioether (sulfide) groups is 1. The Morgan fingerprint density at radius 2 is 1.68 bits per heavy atom. The van der Waals surface area contributed by atoms with Crippen LogP contribution in [0.25, 0.3) is 0 Å². The highest BCUT2D eigenvalue weighted by atomic mass is 35.5. The summed E-state index contributed by atoms with van der Waals surface area (Å²) in [5.74, 6) is 0.605. The fourth-order valence-electron chi connectivity index (χ4n) is 2.80. The standard InChI is InChI=1S/C23H27Cl3N2O2S/c1-4-15(2)27-23(30)16(3)28(12-18-7-10-20(25)11-21(18)26)22(29)14-31-13-17-5-8-19(24)9-6-17/h5-11,15-16H,4,12-14H2,1-3H3,(H,27,30)/t15-,16+/m0/s1. The molecule has 0 radical (unpaired) electrons. The summed E-state index contributed by atoms with van der Waals surface area (Å²) in [6.07, 6.45) is 0.812. The van der Waals surface area contributed by atoms with Gasteiger partial charge in [-0.1, -0.05) is 59.9 Å². The molecular weight excluding hydrogens is 475 g/mol. The monoisotopic (exact) mass is 500 g/mol. The van der Waals surface area contributed by atoms with Crippen molar-refractivity contribution in [1.82, 2.24) is 10.2 Å². The number of nitrogens with zero attached hydrogens (tertiary/aromatic N) is 1. The molecule has 2 rings (SSSR count). The minimum Gasteiger partial charge on any atom is -0.352 e. The maximum absolute atomic E-state index is 13.1. The molecule has 2 atom stereocenters. The molecule has 168 valence electrons. The lowest BCUT2D eigenvalue weighted by molar-refractivity contribution is -0.138. The molecular formula is C23H27Cl3N2O2S. The Kier molecular flexibility index (Phi) is 10.5. The summed E-state index contributed by atoms with van der Waals surface area (Å²) < 4.78 is 0. The van der Waals surface area contributed by atoms with Crippen LogP contribution >= 0.6 is 46.6 Å². The van der Waals surface area contributed by atoms with E-state index in [1.165, 1.54) is 11.8 Å². The smallest absolute Gasteiger partial charge is 0.242 e. The molecule has 0 aliphatic carbocycles. The maximum Gasteiger partial charge on any atom is 0.242 e. The molecule has 8 heteroatoms. The first kappa shape index (κ1) is 25.9. The first-order chi connectivity index (χ1) is 14.7. The third-order valence-corrected chi connectivity index (χ3v) is 6.76. The first-order valence-electron chi connectivity index (χ1n) is 10.1. The van der Waals surface area contributed by atoms with Crippen LogP contribution in [0.2, 0.25) is 15.1 Å². The van der Waals surface area contributed by atoms with E-state index in [0.717, 1.165) is 17.5 Å². The lowest BCUT2D eigenvalue weighted by Gasteiger charge is -2.30. The van der Waals surface area contributed by atoms with E-state index in [9.17, 15) is 9.59 Å². The number of rotatable bonds is 10. The summed E-state index contributed by atoms with van der Waals surface area (Å²) in [7, 11) is 0. The molecule has 2 amide bonds. The van der Waals surface area contributed by atoms with Gasteiger partial charge in [0.15, 0.2) is 0 Å². The van der Waals surface area contributed by atoms with E-state index in [2.05, 4.69) is 5.32 Å². The lowest BCUT2D eigenvalue weighted by Crippen LogP contribution is -2.50. The Morgan fingerprint density at radius 3 is 2.29 bits per heavy atom. The molecule has 0 fully saturated rings. The highest BCUT2D eigenvalue weighted by molar-refractivity contribution is 7.99. The third-order valence-electron chi connectivity index (χ3n) is 4.93. The van der Waals surface area contributed by atoms with Crippen molar-refractivity contribution in [3.8, 4) is 0 Å². The molecule has 2 aromatic rings. The third kappa shape index (κ3) is 8.23. The van der Waals surface area contributed by atoms with Gasteiger partial charge in [-0.15, -0.1) is 11.8 Å². The van der Waals surface area contributed by atoms with Crippen molar-refractivity contribution < 1.29 is 9.59 Å². The van der Waals surface area contributed by atoms with Crippen molar-refractivity contribution in [3.63, 3.8) is 0 Å². The van der Waals surface area contributed by atoms with Gasteiger partial charge in [0.05, 0.1) is 5.75 Å². The van der Waals surface area contributed by atoms with Gasteiger partial charge < -0.3 is 10.2 Å². The predicted octanol–water partition coefficient (Wildman–Crippen LogP) is 6.21. The van der Waals surface area contributed by atoms with Crippen molar-refractivity contribution in [2.24, 2.45) is 0 Å². The number of hydrogen-bond acceptors (Lipinski definition) is 3. The molecule has 0 aliphatic heterocycles. The summed E-state index contributed by atoms with van der Waals surface area (Å²) in [6, 6.07) is 12.1. The summed E-state index contributed by atoms with van der Waals surface area (Å²) in [4.78, 5) is 27.4. The van der Waals surface area contributed by atoms with Crippen LogP contribution in [0.3, 0.4) is 0 Å². The second-order valence-electron chi connectivity index (χ2n) is 7.37. The van der Waals surface area contributed by atoms with Crippen LogP contribution in [0.5, 0.6) is 0 Å². The quantitative estimate of drug-likeness (QED) is 0.421. The number of nitrogens with one attached hydrogen (secondary N) is 1. The van der Waals surface area contributed by atoms with Gasteiger partial charge in [-0.05, 0) is 55.7 Å². The molecule has 0 heterocycles. The molecule has 0 unspecified atom stereocenters. The summed E-state index contributed by atoms with van der Waals surface area (Å²) in [5, 5.41) is 4.62. The zero-order valence-corrected chi connectivity index (χ0v) is 20.9. The number of hydrogen-bond donors (Lipinski definition) is 1. The van der Waals surface area contributed by atoms with Gasteiger partial charge in [0.2, 0.25) is 11.8 Å². The van der Waals surface area contributed by atoms with Crippen LogP contribution in [0.4, 0.5) is 0 Å². The van der Waals surface area contributed by atoms with E-state index in [-0.39, 0.29) is 30.2 Å². The highest BCUT2D eigenvalue weighted by Crippen LogP contribution is 2.24. The second kappa shape index (κ2) is 12.6. The molecule has 0 saturated carbocycles. The number of carbonyl (C=O) groups is 2. The Labute approximate surface area is 203 Å². The molecule has 0 bridgehead atoms. The molecule has 2 aromatic carbocycles. The fraction of sp³-hybridized carbons (Fsp3) is 0.391. The average molecular weight is 502 g/mol. The summed E-state index contributed by atoms with van der Waals surface area (Å²) in [5.41, 5.74) is 1.82. The molecule has 31 heavy (non-hydrogen) atoms. The largest absolute Gasteiger partial charge is 0.352 e. The zero-order chi connectivity index (χ0) is 23.0. The molecule has 4 nitrogen and oxygen atoms in total. The van der Waals surface area contributed by atoms with Gasteiger partial charge >= 0.3 is 0 Å². The summed E-state index contributed by atoms with van der Waals surface area (Å²) in [6.45, 7) is 5.91. The van der Waals surface area contributed by atoms with Crippen LogP contribution in [-0.4, -0.2) is 34.6 Å². The van der Waals surface area contributed by atoms with Crippen molar-refractivity contribution in [2.75, 3.05) is 5.75 Å². The number of carbonyl (C=O) groups excluding carboxylic acids is 2. The van der Waals surface area contributed by atoms with E-state index in [0.29, 0.717) is 20.8 Å². The Bertz CT molecular complexity index is 893. The van der Waals surface area contributed by atoms with Crippen LogP contribution in [0.1, 0.15) is 38.3 Å². The van der Waals surface area contributed by atoms with Gasteiger partial charge in [-0.2, -0.15) is 0 Å². The molecule has 0 spiro atoms. The van der Waals surface area contributed by atoms with E-state index in [4.69, 9.17) is 34.8 Å². The lowest BCUT2D eigenvalue weighted by atomic mass is 10.1. The normalized spacial score (nSPS) is 12.8. The molecule has 0 saturated heterocycles. The highest BCUT2D eigenvalue weighted by Gasteiger charge is 2.27. The first-order valence-corrected chi connectivity index (χ1v) is 12.4. The van der Waals surface area contributed by atoms with Gasteiger partial charge in [0, 0.05) is 33.4 Å². The predicted molar refractivity (Wildman–Crippen MR) is 132 cm³/mol. The topological polar surface area (TPSA) is 49.4 Å². The minimum absolute atomic E-state index is 0.0327. The van der Waals surface area contributed by atoms with E-state index in [1.807, 2.05) is 38.1 Å². The Balaban J connectivity index is 2.11. The van der Waals surface area contributed by atoms with E-state index >= 15 is 0 Å². The van der Waals surface area contributed by atoms with Gasteiger partial charge in [-0.3, -0.25) is 9.59 Å². The Hall–Kier alpha value is -1.40. The zero-order valence-electron chi connectivity index (χ0n) is 17.8. The van der Waals surface area contributed by atoms with Gasteiger partial charge in [0.25, 0.3) is 0 Å². The summed E-state index contributed by atoms with van der Waals surface area (Å²) >= 11 is 19.7. The number of benzene rings is 2. The molecule has 0 aliphatic rings. The van der Waals surface area contributed by atoms with Crippen molar-refractivity contribution in [3.05, 3.63) is 68.7 Å². The minimum atomic E-state index is -0.635. The molecule has 0 aromatic heterocycles. The fourth-order valence-corrected chi connectivity index (χ4v) is 4.27. The van der Waals surface area contributed by atoms with Gasteiger partial charge in [0.1, 0.15) is 6.04 Å². The van der Waals surface area contributed by atoms with Gasteiger partial charge in [-0.25, -0.2) is 0 Å². The number of halogens is 3. The van der Waals surface area contributed by atoms with Crippen LogP contribution < -0.4 is 5.32 Å².